The van der Waals surface area contributed by atoms with Crippen LogP contribution in [0.15, 0.2) is 18.2 Å². The molecule has 0 radical (unpaired) electrons. The molecule has 0 spiro atoms. The number of esters is 1. The van der Waals surface area contributed by atoms with E-state index in [0.717, 1.165) is 17.5 Å². The van der Waals surface area contributed by atoms with Gasteiger partial charge in [0.2, 0.25) is 0 Å². The lowest BCUT2D eigenvalue weighted by Gasteiger charge is -2.05. The van der Waals surface area contributed by atoms with Crippen LogP contribution in [0.2, 0.25) is 0 Å². The molecule has 0 heterocycles. The second kappa shape index (κ2) is 5.39. The Morgan fingerprint density at radius 1 is 1.47 bits per heavy atom. The third kappa shape index (κ3) is 3.62. The second-order valence-corrected chi connectivity index (χ2v) is 3.52. The molecule has 1 N–H and O–H groups in total. The Labute approximate surface area is 89.7 Å². The maximum atomic E-state index is 11.3. The lowest BCUT2D eigenvalue weighted by atomic mass is 10.1. The number of benzene rings is 1. The highest BCUT2D eigenvalue weighted by Gasteiger charge is 2.05. The largest absolute Gasteiger partial charge is 0.508 e. The first kappa shape index (κ1) is 11.6. The molecule has 0 aliphatic rings. The molecule has 0 aromatic heterocycles. The molecule has 0 saturated carbocycles. The van der Waals surface area contributed by atoms with Crippen molar-refractivity contribution < 1.29 is 14.6 Å². The maximum Gasteiger partial charge on any atom is 0.310 e. The lowest BCUT2D eigenvalue weighted by Crippen LogP contribution is -2.08. The average molecular weight is 208 g/mol. The van der Waals surface area contributed by atoms with E-state index in [-0.39, 0.29) is 18.1 Å². The smallest absolute Gasteiger partial charge is 0.310 e. The number of rotatable bonds is 4. The van der Waals surface area contributed by atoms with Crippen LogP contribution in [0.5, 0.6) is 5.75 Å². The molecule has 15 heavy (non-hydrogen) atoms. The van der Waals surface area contributed by atoms with Gasteiger partial charge in [0.15, 0.2) is 0 Å². The van der Waals surface area contributed by atoms with E-state index in [1.807, 2.05) is 6.92 Å². The molecule has 0 amide bonds. The van der Waals surface area contributed by atoms with Crippen molar-refractivity contribution in [2.24, 2.45) is 0 Å². The molecule has 0 fully saturated rings. The fourth-order valence-electron chi connectivity index (χ4n) is 1.26. The highest BCUT2D eigenvalue weighted by atomic mass is 16.5. The summed E-state index contributed by atoms with van der Waals surface area (Å²) in [4.78, 5) is 11.3. The number of phenolic OH excluding ortho intramolecular Hbond substituents is 1. The van der Waals surface area contributed by atoms with Crippen molar-refractivity contribution in [2.45, 2.75) is 26.7 Å². The summed E-state index contributed by atoms with van der Waals surface area (Å²) in [6, 6.07) is 5.12. The molecule has 0 unspecified atom stereocenters. The molecular weight excluding hydrogens is 192 g/mol. The minimum absolute atomic E-state index is 0.220. The van der Waals surface area contributed by atoms with Crippen LogP contribution >= 0.6 is 0 Å². The molecule has 0 aliphatic carbocycles. The summed E-state index contributed by atoms with van der Waals surface area (Å²) in [5.74, 6) is 0.0302. The summed E-state index contributed by atoms with van der Waals surface area (Å²) in [5, 5.41) is 9.30. The van der Waals surface area contributed by atoms with Crippen molar-refractivity contribution in [3.63, 3.8) is 0 Å². The Bertz CT molecular complexity index is 345. The number of ether oxygens (including phenoxy) is 1. The number of aryl methyl sites for hydroxylation is 1. The third-order valence-electron chi connectivity index (χ3n) is 2.08. The van der Waals surface area contributed by atoms with Crippen LogP contribution < -0.4 is 0 Å². The Hall–Kier alpha value is -1.51. The average Bonchev–Trinajstić information content (AvgIpc) is 2.20. The van der Waals surface area contributed by atoms with Gasteiger partial charge in [0.05, 0.1) is 13.0 Å². The Morgan fingerprint density at radius 3 is 2.80 bits per heavy atom. The van der Waals surface area contributed by atoms with Crippen LogP contribution in [0.4, 0.5) is 0 Å². The second-order valence-electron chi connectivity index (χ2n) is 3.52. The van der Waals surface area contributed by atoms with E-state index >= 15 is 0 Å². The number of carbonyl (C=O) groups excluding carboxylic acids is 1. The summed E-state index contributed by atoms with van der Waals surface area (Å²) in [6.45, 7) is 4.23. The summed E-state index contributed by atoms with van der Waals surface area (Å²) in [7, 11) is 0. The molecule has 0 atom stereocenters. The minimum atomic E-state index is -0.220. The van der Waals surface area contributed by atoms with Gasteiger partial charge in [-0.1, -0.05) is 19.1 Å². The van der Waals surface area contributed by atoms with Gasteiger partial charge in [-0.2, -0.15) is 0 Å². The Balaban J connectivity index is 2.57. The zero-order valence-electron chi connectivity index (χ0n) is 9.12. The topological polar surface area (TPSA) is 46.5 Å². The van der Waals surface area contributed by atoms with Gasteiger partial charge < -0.3 is 9.84 Å². The van der Waals surface area contributed by atoms with E-state index in [1.54, 1.807) is 25.1 Å². The van der Waals surface area contributed by atoms with Crippen LogP contribution in [0, 0.1) is 6.92 Å². The van der Waals surface area contributed by atoms with Crippen LogP contribution in [-0.2, 0) is 16.0 Å². The first-order chi connectivity index (χ1) is 7.13. The Morgan fingerprint density at radius 2 is 2.20 bits per heavy atom. The SMILES string of the molecule is CCCOC(=O)Cc1ccc(O)c(C)c1. The summed E-state index contributed by atoms with van der Waals surface area (Å²) in [6.07, 6.45) is 1.10. The van der Waals surface area contributed by atoms with Crippen LogP contribution in [-0.4, -0.2) is 17.7 Å². The normalized spacial score (nSPS) is 10.0. The van der Waals surface area contributed by atoms with Crippen LogP contribution in [0.1, 0.15) is 24.5 Å². The number of carbonyl (C=O) groups is 1. The molecular formula is C12H16O3. The highest BCUT2D eigenvalue weighted by molar-refractivity contribution is 5.72. The number of hydrogen-bond acceptors (Lipinski definition) is 3. The van der Waals surface area contributed by atoms with Gasteiger partial charge in [-0.15, -0.1) is 0 Å². The van der Waals surface area contributed by atoms with E-state index in [1.165, 1.54) is 0 Å². The summed E-state index contributed by atoms with van der Waals surface area (Å²) >= 11 is 0. The predicted octanol–water partition coefficient (Wildman–Crippen LogP) is 2.20. The molecule has 0 bridgehead atoms. The zero-order chi connectivity index (χ0) is 11.3. The third-order valence-corrected chi connectivity index (χ3v) is 2.08. The number of phenols is 1. The predicted molar refractivity (Wildman–Crippen MR) is 57.8 cm³/mol. The quantitative estimate of drug-likeness (QED) is 0.771. The molecule has 1 aromatic carbocycles. The first-order valence-electron chi connectivity index (χ1n) is 5.07. The molecule has 3 heteroatoms. The van der Waals surface area contributed by atoms with Crippen molar-refractivity contribution in [1.29, 1.82) is 0 Å². The number of hydrogen-bond donors (Lipinski definition) is 1. The van der Waals surface area contributed by atoms with Crippen molar-refractivity contribution in [2.75, 3.05) is 6.61 Å². The molecule has 3 nitrogen and oxygen atoms in total. The van der Waals surface area contributed by atoms with Crippen molar-refractivity contribution in [3.05, 3.63) is 29.3 Å². The van der Waals surface area contributed by atoms with Crippen LogP contribution in [0.25, 0.3) is 0 Å². The van der Waals surface area contributed by atoms with Crippen molar-refractivity contribution in [3.8, 4) is 5.75 Å². The minimum Gasteiger partial charge on any atom is -0.508 e. The van der Waals surface area contributed by atoms with E-state index in [2.05, 4.69) is 0 Å². The fourth-order valence-corrected chi connectivity index (χ4v) is 1.26. The first-order valence-corrected chi connectivity index (χ1v) is 5.07. The van der Waals surface area contributed by atoms with Gasteiger partial charge in [0.1, 0.15) is 5.75 Å². The maximum absolute atomic E-state index is 11.3. The van der Waals surface area contributed by atoms with E-state index in [9.17, 15) is 9.90 Å². The van der Waals surface area contributed by atoms with E-state index < -0.39 is 0 Å². The molecule has 1 rings (SSSR count). The fraction of sp³-hybridized carbons (Fsp3) is 0.417. The molecule has 82 valence electrons. The van der Waals surface area contributed by atoms with Gasteiger partial charge in [0.25, 0.3) is 0 Å². The lowest BCUT2D eigenvalue weighted by molar-refractivity contribution is -0.142. The van der Waals surface area contributed by atoms with Crippen molar-refractivity contribution in [1.82, 2.24) is 0 Å². The van der Waals surface area contributed by atoms with Crippen molar-refractivity contribution >= 4 is 5.97 Å². The number of aromatic hydroxyl groups is 1. The molecule has 0 saturated heterocycles. The molecule has 1 aromatic rings. The standard InChI is InChI=1S/C12H16O3/c1-3-6-15-12(14)8-10-4-5-11(13)9(2)7-10/h4-5,7,13H,3,6,8H2,1-2H3. The van der Waals surface area contributed by atoms with Gasteiger partial charge in [-0.3, -0.25) is 4.79 Å². The van der Waals surface area contributed by atoms with E-state index in [0.29, 0.717) is 6.61 Å². The Kier molecular flexibility index (Phi) is 4.16. The van der Waals surface area contributed by atoms with Crippen LogP contribution in [0.3, 0.4) is 0 Å². The summed E-state index contributed by atoms with van der Waals surface area (Å²) in [5.41, 5.74) is 1.64. The van der Waals surface area contributed by atoms with Gasteiger partial charge in [-0.25, -0.2) is 0 Å². The highest BCUT2D eigenvalue weighted by Crippen LogP contribution is 2.17. The molecule has 0 aliphatic heterocycles. The zero-order valence-corrected chi connectivity index (χ0v) is 9.12. The van der Waals surface area contributed by atoms with E-state index in [4.69, 9.17) is 4.74 Å². The van der Waals surface area contributed by atoms with Gasteiger partial charge in [0, 0.05) is 0 Å². The summed E-state index contributed by atoms with van der Waals surface area (Å²) < 4.78 is 4.96. The monoisotopic (exact) mass is 208 g/mol. The van der Waals surface area contributed by atoms with Gasteiger partial charge >= 0.3 is 5.97 Å². The van der Waals surface area contributed by atoms with Gasteiger partial charge in [-0.05, 0) is 30.5 Å².